The van der Waals surface area contributed by atoms with Crippen LogP contribution in [-0.4, -0.2) is 15.9 Å². The highest BCUT2D eigenvalue weighted by molar-refractivity contribution is 7.14. The van der Waals surface area contributed by atoms with Gasteiger partial charge in [-0.15, -0.1) is 11.3 Å². The lowest BCUT2D eigenvalue weighted by Crippen LogP contribution is -2.08. The van der Waals surface area contributed by atoms with Crippen LogP contribution in [0.25, 0.3) is 22.4 Å². The fourth-order valence-corrected chi connectivity index (χ4v) is 2.51. The van der Waals surface area contributed by atoms with E-state index in [1.54, 1.807) is 19.1 Å². The number of carbonyl (C=O) groups excluding carboxylic acids is 1. The number of aromatic amines is 1. The lowest BCUT2D eigenvalue weighted by molar-refractivity contribution is -0.115. The zero-order valence-corrected chi connectivity index (χ0v) is 11.4. The molecular formula is C13H11N3O3S. The molecule has 0 saturated carbocycles. The summed E-state index contributed by atoms with van der Waals surface area (Å²) in [5, 5.41) is 5.11. The third kappa shape index (κ3) is 2.35. The first-order valence-electron chi connectivity index (χ1n) is 6.04. The zero-order chi connectivity index (χ0) is 14.1. The van der Waals surface area contributed by atoms with E-state index < -0.39 is 5.76 Å². The molecule has 0 atom stereocenters. The maximum absolute atomic E-state index is 11.3. The van der Waals surface area contributed by atoms with Crippen LogP contribution in [0, 0.1) is 0 Å². The van der Waals surface area contributed by atoms with Gasteiger partial charge in [0.15, 0.2) is 10.7 Å². The molecule has 0 aliphatic rings. The summed E-state index contributed by atoms with van der Waals surface area (Å²) in [6.07, 6.45) is 0.412. The van der Waals surface area contributed by atoms with Gasteiger partial charge in [0, 0.05) is 17.4 Å². The minimum Gasteiger partial charge on any atom is -0.408 e. The van der Waals surface area contributed by atoms with E-state index in [9.17, 15) is 9.59 Å². The van der Waals surface area contributed by atoms with Crippen molar-refractivity contribution in [3.8, 4) is 11.3 Å². The average Bonchev–Trinajstić information content (AvgIpc) is 3.02. The van der Waals surface area contributed by atoms with E-state index in [1.807, 2.05) is 11.4 Å². The van der Waals surface area contributed by atoms with Crippen molar-refractivity contribution in [2.75, 3.05) is 5.32 Å². The van der Waals surface area contributed by atoms with Gasteiger partial charge in [-0.3, -0.25) is 9.78 Å². The van der Waals surface area contributed by atoms with Crippen molar-refractivity contribution in [2.45, 2.75) is 13.3 Å². The largest absolute Gasteiger partial charge is 0.417 e. The molecule has 2 aromatic heterocycles. The standard InChI is InChI=1S/C13H11N3O3S/c1-2-11(17)16-12-14-9(6-20-12)7-3-4-8-10(5-7)19-13(18)15-8/h3-6H,2H2,1H3,(H,15,18)(H,14,16,17). The third-order valence-corrected chi connectivity index (χ3v) is 3.55. The Balaban J connectivity index is 1.94. The molecule has 0 radical (unpaired) electrons. The number of nitrogens with zero attached hydrogens (tertiary/aromatic N) is 1. The molecule has 0 saturated heterocycles. The summed E-state index contributed by atoms with van der Waals surface area (Å²) >= 11 is 1.36. The highest BCUT2D eigenvalue weighted by Crippen LogP contribution is 2.27. The summed E-state index contributed by atoms with van der Waals surface area (Å²) in [7, 11) is 0. The normalized spacial score (nSPS) is 10.8. The van der Waals surface area contributed by atoms with Gasteiger partial charge in [-0.05, 0) is 12.1 Å². The Morgan fingerprint density at radius 3 is 3.15 bits per heavy atom. The van der Waals surface area contributed by atoms with Crippen LogP contribution < -0.4 is 11.1 Å². The van der Waals surface area contributed by atoms with Crippen molar-refractivity contribution in [3.63, 3.8) is 0 Å². The molecule has 0 fully saturated rings. The molecular weight excluding hydrogens is 278 g/mol. The Morgan fingerprint density at radius 1 is 1.50 bits per heavy atom. The predicted molar refractivity (Wildman–Crippen MR) is 76.9 cm³/mol. The van der Waals surface area contributed by atoms with Crippen LogP contribution in [0.3, 0.4) is 0 Å². The van der Waals surface area contributed by atoms with E-state index >= 15 is 0 Å². The van der Waals surface area contributed by atoms with Gasteiger partial charge in [0.1, 0.15) is 0 Å². The second kappa shape index (κ2) is 4.93. The molecule has 1 amide bonds. The van der Waals surface area contributed by atoms with Crippen molar-refractivity contribution < 1.29 is 9.21 Å². The number of rotatable bonds is 3. The minimum atomic E-state index is -0.480. The number of benzene rings is 1. The molecule has 0 bridgehead atoms. The first-order chi connectivity index (χ1) is 9.65. The quantitative estimate of drug-likeness (QED) is 0.775. The maximum atomic E-state index is 11.3. The molecule has 6 nitrogen and oxygen atoms in total. The van der Waals surface area contributed by atoms with Crippen LogP contribution in [-0.2, 0) is 4.79 Å². The van der Waals surface area contributed by atoms with Gasteiger partial charge < -0.3 is 9.73 Å². The van der Waals surface area contributed by atoms with E-state index in [2.05, 4.69) is 15.3 Å². The van der Waals surface area contributed by atoms with Gasteiger partial charge in [0.05, 0.1) is 11.2 Å². The van der Waals surface area contributed by atoms with E-state index in [-0.39, 0.29) is 5.91 Å². The Kier molecular flexibility index (Phi) is 3.11. The van der Waals surface area contributed by atoms with E-state index in [0.29, 0.717) is 22.7 Å². The van der Waals surface area contributed by atoms with Crippen LogP contribution in [0.15, 0.2) is 32.8 Å². The van der Waals surface area contributed by atoms with E-state index in [0.717, 1.165) is 11.3 Å². The van der Waals surface area contributed by atoms with E-state index in [4.69, 9.17) is 4.42 Å². The molecule has 2 N–H and O–H groups in total. The van der Waals surface area contributed by atoms with Gasteiger partial charge in [0.25, 0.3) is 0 Å². The number of oxazole rings is 1. The summed E-state index contributed by atoms with van der Waals surface area (Å²) in [4.78, 5) is 29.3. The zero-order valence-electron chi connectivity index (χ0n) is 10.6. The Morgan fingerprint density at radius 2 is 2.35 bits per heavy atom. The fourth-order valence-electron chi connectivity index (χ4n) is 1.78. The Hall–Kier alpha value is -2.41. The second-order valence-electron chi connectivity index (χ2n) is 4.17. The lowest BCUT2D eigenvalue weighted by atomic mass is 10.1. The molecule has 102 valence electrons. The SMILES string of the molecule is CCC(=O)Nc1nc(-c2ccc3[nH]c(=O)oc3c2)cs1. The first-order valence-corrected chi connectivity index (χ1v) is 6.92. The van der Waals surface area contributed by atoms with Crippen molar-refractivity contribution in [3.05, 3.63) is 34.1 Å². The molecule has 3 rings (SSSR count). The van der Waals surface area contributed by atoms with Gasteiger partial charge in [-0.2, -0.15) is 0 Å². The van der Waals surface area contributed by atoms with Gasteiger partial charge in [-0.25, -0.2) is 9.78 Å². The number of aromatic nitrogens is 2. The third-order valence-electron chi connectivity index (χ3n) is 2.79. The van der Waals surface area contributed by atoms with Crippen LogP contribution in [0.4, 0.5) is 5.13 Å². The Labute approximate surface area is 117 Å². The number of hydrogen-bond acceptors (Lipinski definition) is 5. The summed E-state index contributed by atoms with van der Waals surface area (Å²) in [5.74, 6) is -0.552. The summed E-state index contributed by atoms with van der Waals surface area (Å²) in [6, 6.07) is 5.35. The number of carbonyl (C=O) groups is 1. The highest BCUT2D eigenvalue weighted by Gasteiger charge is 2.09. The van der Waals surface area contributed by atoms with Gasteiger partial charge in [0.2, 0.25) is 5.91 Å². The molecule has 20 heavy (non-hydrogen) atoms. The molecule has 0 aliphatic heterocycles. The first kappa shape index (κ1) is 12.6. The van der Waals surface area contributed by atoms with Crippen molar-refractivity contribution >= 4 is 33.5 Å². The predicted octanol–water partition coefficient (Wildman–Crippen LogP) is 2.59. The monoisotopic (exact) mass is 289 g/mol. The molecule has 0 aliphatic carbocycles. The number of hydrogen-bond donors (Lipinski definition) is 2. The average molecular weight is 289 g/mol. The van der Waals surface area contributed by atoms with Crippen LogP contribution in [0.1, 0.15) is 13.3 Å². The van der Waals surface area contributed by atoms with Crippen molar-refractivity contribution in [1.29, 1.82) is 0 Å². The number of thiazole rings is 1. The summed E-state index contributed by atoms with van der Waals surface area (Å²) < 4.78 is 5.01. The number of fused-ring (bicyclic) bond motifs is 1. The van der Waals surface area contributed by atoms with Crippen LogP contribution >= 0.6 is 11.3 Å². The molecule has 7 heteroatoms. The fraction of sp³-hybridized carbons (Fsp3) is 0.154. The van der Waals surface area contributed by atoms with Crippen molar-refractivity contribution in [1.82, 2.24) is 9.97 Å². The lowest BCUT2D eigenvalue weighted by Gasteiger charge is -1.97. The number of amides is 1. The maximum Gasteiger partial charge on any atom is 0.417 e. The molecule has 0 unspecified atom stereocenters. The number of H-pyrrole nitrogens is 1. The topological polar surface area (TPSA) is 88.0 Å². The summed E-state index contributed by atoms with van der Waals surface area (Å²) in [6.45, 7) is 1.78. The van der Waals surface area contributed by atoms with Crippen LogP contribution in [0.2, 0.25) is 0 Å². The second-order valence-corrected chi connectivity index (χ2v) is 5.02. The number of nitrogens with one attached hydrogen (secondary N) is 2. The number of anilines is 1. The summed E-state index contributed by atoms with van der Waals surface area (Å²) in [5.41, 5.74) is 2.69. The molecule has 3 aromatic rings. The van der Waals surface area contributed by atoms with Crippen molar-refractivity contribution in [2.24, 2.45) is 0 Å². The smallest absolute Gasteiger partial charge is 0.408 e. The van der Waals surface area contributed by atoms with Gasteiger partial charge in [-0.1, -0.05) is 13.0 Å². The molecule has 1 aromatic carbocycles. The van der Waals surface area contributed by atoms with Crippen LogP contribution in [0.5, 0.6) is 0 Å². The minimum absolute atomic E-state index is 0.0713. The highest BCUT2D eigenvalue weighted by atomic mass is 32.1. The van der Waals surface area contributed by atoms with Gasteiger partial charge >= 0.3 is 5.76 Å². The molecule has 0 spiro atoms. The Bertz CT molecular complexity index is 831. The molecule has 2 heterocycles. The van der Waals surface area contributed by atoms with E-state index in [1.165, 1.54) is 11.3 Å².